The number of rotatable bonds is 0. The van der Waals surface area contributed by atoms with E-state index in [9.17, 15) is 0 Å². The van der Waals surface area contributed by atoms with Crippen molar-refractivity contribution in [1.29, 1.82) is 0 Å². The molecule has 0 saturated heterocycles. The average molecular weight is 238 g/mol. The van der Waals surface area contributed by atoms with Gasteiger partial charge >= 0.3 is 7.82 Å². The summed E-state index contributed by atoms with van der Waals surface area (Å²) in [6.45, 7) is 0. The summed E-state index contributed by atoms with van der Waals surface area (Å²) in [6, 6.07) is 0. The minimum Gasteiger partial charge on any atom is -0.303 e. The van der Waals surface area contributed by atoms with Crippen molar-refractivity contribution in [2.75, 3.05) is 0 Å². The fourth-order valence-corrected chi connectivity index (χ4v) is 0. The molecule has 0 amide bonds. The Bertz CT molecular complexity index is 57.8. The van der Waals surface area contributed by atoms with Gasteiger partial charge in [-0.3, -0.25) is 0 Å². The molecular weight excluding hydrogens is 231 g/mol. The fraction of sp³-hybridized carbons (Fsp3) is 0. The molecule has 0 atom stereocenters. The van der Waals surface area contributed by atoms with Crippen molar-refractivity contribution in [3.05, 3.63) is 0 Å². The molecule has 0 aliphatic rings. The van der Waals surface area contributed by atoms with E-state index >= 15 is 0 Å². The second-order valence-corrected chi connectivity index (χ2v) is 1.54. The van der Waals surface area contributed by atoms with E-state index in [1.807, 2.05) is 0 Å². The van der Waals surface area contributed by atoms with Crippen molar-refractivity contribution in [3.8, 4) is 0 Å². The zero-order valence-electron chi connectivity index (χ0n) is 2.50. The van der Waals surface area contributed by atoms with Gasteiger partial charge in [0, 0.05) is 22.4 Å². The minimum atomic E-state index is -4.64. The van der Waals surface area contributed by atoms with Crippen LogP contribution in [0, 0.1) is 0 Å². The Balaban J connectivity index is -0.0000000800. The van der Waals surface area contributed by atoms with Crippen molar-refractivity contribution in [2.45, 2.75) is 0 Å². The van der Waals surface area contributed by atoms with Gasteiger partial charge in [0.25, 0.3) is 0 Å². The molecule has 0 aliphatic carbocycles. The molecule has 0 aromatic heterocycles. The van der Waals surface area contributed by atoms with E-state index < -0.39 is 7.82 Å². The van der Waals surface area contributed by atoms with Crippen LogP contribution >= 0.6 is 7.82 Å². The number of hydrogen-bond acceptors (Lipinski definition) is 1. The van der Waals surface area contributed by atoms with Crippen LogP contribution in [0.15, 0.2) is 0 Å². The molecule has 1 radical (unpaired) electrons. The van der Waals surface area contributed by atoms with Gasteiger partial charge in [0.15, 0.2) is 0 Å². The second kappa shape index (κ2) is 5.21. The molecule has 0 bridgehead atoms. The SMILES string of the molecule is O=P(O)(O)O.[Ag].[SiH4]. The molecule has 0 fully saturated rings. The van der Waals surface area contributed by atoms with Crippen LogP contribution in [-0.4, -0.2) is 25.6 Å². The van der Waals surface area contributed by atoms with Crippen molar-refractivity contribution in [1.82, 2.24) is 0 Å². The fourth-order valence-electron chi connectivity index (χ4n) is 0. The molecule has 0 aromatic rings. The average Bonchev–Trinajstić information content (AvgIpc) is 0.722. The molecular formula is H7AgO4PSi. The Morgan fingerprint density at radius 1 is 1.14 bits per heavy atom. The van der Waals surface area contributed by atoms with Gasteiger partial charge in [-0.05, 0) is 11.0 Å². The zero-order chi connectivity index (χ0) is 4.50. The summed E-state index contributed by atoms with van der Waals surface area (Å²) in [5.41, 5.74) is 0. The van der Waals surface area contributed by atoms with Gasteiger partial charge in [0.2, 0.25) is 0 Å². The molecule has 3 N–H and O–H groups in total. The van der Waals surface area contributed by atoms with Gasteiger partial charge in [-0.1, -0.05) is 0 Å². The van der Waals surface area contributed by atoms with Gasteiger partial charge in [-0.2, -0.15) is 0 Å². The normalized spacial score (nSPS) is 8.43. The maximum absolute atomic E-state index is 8.88. The molecule has 0 spiro atoms. The quantitative estimate of drug-likeness (QED) is 0.325. The smallest absolute Gasteiger partial charge is 0.303 e. The van der Waals surface area contributed by atoms with Gasteiger partial charge < -0.3 is 14.7 Å². The third-order valence-corrected chi connectivity index (χ3v) is 0. The maximum Gasteiger partial charge on any atom is 0.466 e. The topological polar surface area (TPSA) is 77.8 Å². The zero-order valence-corrected chi connectivity index (χ0v) is 4.88. The molecule has 51 valence electrons. The van der Waals surface area contributed by atoms with Crippen LogP contribution in [-0.2, 0) is 26.9 Å². The molecule has 4 nitrogen and oxygen atoms in total. The first-order valence-electron chi connectivity index (χ1n) is 0.783. The van der Waals surface area contributed by atoms with E-state index in [0.717, 1.165) is 0 Å². The number of hydrogen-bond donors (Lipinski definition) is 3. The summed E-state index contributed by atoms with van der Waals surface area (Å²) in [7, 11) is -4.64. The van der Waals surface area contributed by atoms with Crippen LogP contribution in [0.3, 0.4) is 0 Å². The first-order chi connectivity index (χ1) is 2.00. The third-order valence-electron chi connectivity index (χ3n) is 0. The molecule has 0 heterocycles. The standard InChI is InChI=1S/Ag.H3O4P.H4Si/c;1-5(2,3)4;/h;(H3,1,2,3,4);1H4. The Morgan fingerprint density at radius 2 is 1.14 bits per heavy atom. The van der Waals surface area contributed by atoms with Crippen LogP contribution in [0.25, 0.3) is 0 Å². The van der Waals surface area contributed by atoms with E-state index in [1.165, 1.54) is 0 Å². The van der Waals surface area contributed by atoms with Crippen LogP contribution in [0.4, 0.5) is 0 Å². The summed E-state index contributed by atoms with van der Waals surface area (Å²) in [5, 5.41) is 0. The Labute approximate surface area is 60.7 Å². The molecule has 0 rings (SSSR count). The van der Waals surface area contributed by atoms with E-state index in [2.05, 4.69) is 0 Å². The van der Waals surface area contributed by atoms with Crippen molar-refractivity contribution in [3.63, 3.8) is 0 Å². The van der Waals surface area contributed by atoms with Gasteiger partial charge in [0.1, 0.15) is 0 Å². The van der Waals surface area contributed by atoms with Crippen LogP contribution in [0.5, 0.6) is 0 Å². The van der Waals surface area contributed by atoms with Crippen molar-refractivity contribution >= 4 is 18.8 Å². The van der Waals surface area contributed by atoms with Crippen LogP contribution < -0.4 is 0 Å². The number of phosphoric acid groups is 1. The van der Waals surface area contributed by atoms with E-state index in [4.69, 9.17) is 19.2 Å². The predicted octanol–water partition coefficient (Wildman–Crippen LogP) is -2.38. The van der Waals surface area contributed by atoms with Crippen LogP contribution in [0.2, 0.25) is 0 Å². The Morgan fingerprint density at radius 3 is 1.14 bits per heavy atom. The third kappa shape index (κ3) is 159. The summed E-state index contributed by atoms with van der Waals surface area (Å²) >= 11 is 0. The first-order valence-corrected chi connectivity index (χ1v) is 2.35. The van der Waals surface area contributed by atoms with E-state index in [-0.39, 0.29) is 33.3 Å². The minimum absolute atomic E-state index is 0. The molecule has 0 aromatic carbocycles. The van der Waals surface area contributed by atoms with Crippen LogP contribution in [0.1, 0.15) is 0 Å². The van der Waals surface area contributed by atoms with Crippen molar-refractivity contribution < 1.29 is 41.6 Å². The summed E-state index contributed by atoms with van der Waals surface area (Å²) in [6.07, 6.45) is 0. The molecule has 0 aliphatic heterocycles. The summed E-state index contributed by atoms with van der Waals surface area (Å²) in [4.78, 5) is 21.6. The van der Waals surface area contributed by atoms with Crippen molar-refractivity contribution in [2.24, 2.45) is 0 Å². The molecule has 7 heavy (non-hydrogen) atoms. The van der Waals surface area contributed by atoms with Gasteiger partial charge in [-0.15, -0.1) is 0 Å². The van der Waals surface area contributed by atoms with Gasteiger partial charge in [0.05, 0.1) is 0 Å². The first kappa shape index (κ1) is 15.7. The van der Waals surface area contributed by atoms with E-state index in [1.54, 1.807) is 0 Å². The Hall–Kier alpha value is 1.07. The second-order valence-electron chi connectivity index (χ2n) is 0.513. The van der Waals surface area contributed by atoms with Gasteiger partial charge in [-0.25, -0.2) is 4.57 Å². The largest absolute Gasteiger partial charge is 0.466 e. The molecule has 0 saturated carbocycles. The predicted molar refractivity (Wildman–Crippen MR) is 25.6 cm³/mol. The van der Waals surface area contributed by atoms with E-state index in [0.29, 0.717) is 0 Å². The maximum atomic E-state index is 8.88. The summed E-state index contributed by atoms with van der Waals surface area (Å²) < 4.78 is 8.88. The monoisotopic (exact) mass is 237 g/mol. The summed E-state index contributed by atoms with van der Waals surface area (Å²) in [5.74, 6) is 0. The molecule has 0 unspecified atom stereocenters. The molecule has 7 heteroatoms. The Kier molecular flexibility index (Phi) is 11.7.